The molecule has 2 N–H and O–H groups in total. The van der Waals surface area contributed by atoms with Gasteiger partial charge in [-0.3, -0.25) is 4.79 Å². The summed E-state index contributed by atoms with van der Waals surface area (Å²) in [6.45, 7) is 2.37. The van der Waals surface area contributed by atoms with Gasteiger partial charge in [0.2, 0.25) is 0 Å². The van der Waals surface area contributed by atoms with E-state index < -0.39 is 11.5 Å². The van der Waals surface area contributed by atoms with E-state index in [0.29, 0.717) is 29.7 Å². The van der Waals surface area contributed by atoms with Crippen LogP contribution in [-0.2, 0) is 17.9 Å². The lowest BCUT2D eigenvalue weighted by atomic mass is 10.0. The van der Waals surface area contributed by atoms with Crippen molar-refractivity contribution in [2.45, 2.75) is 20.0 Å². The summed E-state index contributed by atoms with van der Waals surface area (Å²) in [5.74, 6) is -0.594. The van der Waals surface area contributed by atoms with Crippen LogP contribution >= 0.6 is 0 Å². The Morgan fingerprint density at radius 1 is 0.821 bits per heavy atom. The van der Waals surface area contributed by atoms with Crippen LogP contribution in [0.3, 0.4) is 0 Å². The van der Waals surface area contributed by atoms with Crippen molar-refractivity contribution in [1.29, 1.82) is 0 Å². The third kappa shape index (κ3) is 4.49. The molecule has 7 heteroatoms. The molecule has 0 aliphatic carbocycles. The first kappa shape index (κ1) is 24.3. The number of carbonyl (C=O) groups excluding carboxylic acids is 1. The van der Waals surface area contributed by atoms with Crippen LogP contribution in [0.15, 0.2) is 108 Å². The molecule has 39 heavy (non-hydrogen) atoms. The Kier molecular flexibility index (Phi) is 6.26. The number of nitrogens with zero attached hydrogens (tertiary/aromatic N) is 3. The van der Waals surface area contributed by atoms with Crippen LogP contribution in [0.25, 0.3) is 44.3 Å². The van der Waals surface area contributed by atoms with Crippen molar-refractivity contribution in [3.05, 3.63) is 125 Å². The Morgan fingerprint density at radius 2 is 1.51 bits per heavy atom. The second kappa shape index (κ2) is 10.0. The van der Waals surface area contributed by atoms with Crippen LogP contribution < -0.4 is 16.1 Å². The maximum Gasteiger partial charge on any atom is 0.330 e. The Labute approximate surface area is 224 Å². The monoisotopic (exact) mass is 514 g/mol. The van der Waals surface area contributed by atoms with Crippen molar-refractivity contribution < 1.29 is 9.63 Å². The summed E-state index contributed by atoms with van der Waals surface area (Å²) in [6, 6.07) is 31.4. The molecule has 6 rings (SSSR count). The van der Waals surface area contributed by atoms with E-state index in [1.54, 1.807) is 6.07 Å². The van der Waals surface area contributed by atoms with Gasteiger partial charge in [-0.2, -0.15) is 0 Å². The minimum Gasteiger partial charge on any atom is -0.342 e. The molecule has 2 heterocycles. The highest BCUT2D eigenvalue weighted by molar-refractivity contribution is 5.98. The van der Waals surface area contributed by atoms with Crippen LogP contribution in [-0.4, -0.2) is 20.3 Å². The highest BCUT2D eigenvalue weighted by Crippen LogP contribution is 2.32. The van der Waals surface area contributed by atoms with E-state index in [1.165, 1.54) is 6.92 Å². The highest BCUT2D eigenvalue weighted by atomic mass is 16.7. The molecule has 0 unspecified atom stereocenters. The average Bonchev–Trinajstić information content (AvgIpc) is 3.32. The zero-order chi connectivity index (χ0) is 26.9. The predicted octanol–water partition coefficient (Wildman–Crippen LogP) is 5.17. The smallest absolute Gasteiger partial charge is 0.330 e. The van der Waals surface area contributed by atoms with Crippen molar-refractivity contribution in [3.8, 4) is 22.4 Å². The quantitative estimate of drug-likeness (QED) is 0.331. The molecule has 0 fully saturated rings. The van der Waals surface area contributed by atoms with Gasteiger partial charge in [-0.05, 0) is 28.8 Å². The third-order valence-electron chi connectivity index (χ3n) is 6.80. The summed E-state index contributed by atoms with van der Waals surface area (Å²) in [4.78, 5) is 36.3. The lowest BCUT2D eigenvalue weighted by Gasteiger charge is -2.13. The molecule has 192 valence electrons. The fourth-order valence-corrected chi connectivity index (χ4v) is 4.97. The van der Waals surface area contributed by atoms with Crippen LogP contribution in [0.2, 0.25) is 0 Å². The van der Waals surface area contributed by atoms with Crippen molar-refractivity contribution in [3.63, 3.8) is 0 Å². The van der Waals surface area contributed by atoms with E-state index in [2.05, 4.69) is 16.7 Å². The predicted molar refractivity (Wildman–Crippen MR) is 153 cm³/mol. The lowest BCUT2D eigenvalue weighted by molar-refractivity contribution is -0.141. The van der Waals surface area contributed by atoms with Gasteiger partial charge < -0.3 is 15.1 Å². The number of nitrogens with two attached hydrogens (primary N) is 1. The first-order chi connectivity index (χ1) is 19.0. The van der Waals surface area contributed by atoms with Crippen molar-refractivity contribution in [2.75, 3.05) is 0 Å². The molecule has 0 spiro atoms. The van der Waals surface area contributed by atoms with Crippen molar-refractivity contribution in [1.82, 2.24) is 14.3 Å². The van der Waals surface area contributed by atoms with Crippen LogP contribution in [0.4, 0.5) is 0 Å². The number of hydrogen-bond acceptors (Lipinski definition) is 5. The first-order valence-electron chi connectivity index (χ1n) is 12.7. The number of fused-ring (bicyclic) bond motifs is 2. The summed E-state index contributed by atoms with van der Waals surface area (Å²) in [6.07, 6.45) is 1.94. The van der Waals surface area contributed by atoms with E-state index in [4.69, 9.17) is 15.6 Å². The zero-order valence-electron chi connectivity index (χ0n) is 21.4. The Hall–Kier alpha value is -5.01. The molecule has 6 aromatic rings. The topological polar surface area (TPSA) is 92.1 Å². The summed E-state index contributed by atoms with van der Waals surface area (Å²) >= 11 is 0. The molecular formula is C32H26N4O3. The minimum atomic E-state index is -0.594. The van der Waals surface area contributed by atoms with Gasteiger partial charge in [0.25, 0.3) is 0 Å². The molecule has 0 saturated carbocycles. The van der Waals surface area contributed by atoms with Gasteiger partial charge in [-0.25, -0.2) is 9.78 Å². The molecule has 0 radical (unpaired) electrons. The molecule has 0 bridgehead atoms. The summed E-state index contributed by atoms with van der Waals surface area (Å²) < 4.78 is 3.16. The van der Waals surface area contributed by atoms with Gasteiger partial charge in [0.1, 0.15) is 11.2 Å². The second-order valence-electron chi connectivity index (χ2n) is 9.39. The largest absolute Gasteiger partial charge is 0.342 e. The van der Waals surface area contributed by atoms with Gasteiger partial charge in [0.05, 0.1) is 5.52 Å². The number of aromatic nitrogens is 3. The van der Waals surface area contributed by atoms with Crippen molar-refractivity contribution in [2.24, 2.45) is 5.73 Å². The van der Waals surface area contributed by atoms with E-state index in [9.17, 15) is 9.59 Å². The Morgan fingerprint density at radius 3 is 2.26 bits per heavy atom. The molecule has 0 saturated heterocycles. The van der Waals surface area contributed by atoms with E-state index in [0.717, 1.165) is 37.9 Å². The second-order valence-corrected chi connectivity index (χ2v) is 9.39. The fourth-order valence-electron chi connectivity index (χ4n) is 4.97. The van der Waals surface area contributed by atoms with E-state index in [-0.39, 0.29) is 5.69 Å². The van der Waals surface area contributed by atoms with Crippen LogP contribution in [0, 0.1) is 0 Å². The average molecular weight is 515 g/mol. The number of benzene rings is 4. The molecular weight excluding hydrogens is 488 g/mol. The third-order valence-corrected chi connectivity index (χ3v) is 6.80. The lowest BCUT2D eigenvalue weighted by Crippen LogP contribution is -2.31. The maximum atomic E-state index is 13.9. The van der Waals surface area contributed by atoms with E-state index >= 15 is 0 Å². The number of carbonyl (C=O) groups is 1. The number of rotatable bonds is 6. The molecule has 0 aliphatic heterocycles. The Bertz CT molecular complexity index is 1890. The van der Waals surface area contributed by atoms with Gasteiger partial charge in [-0.15, -0.1) is 4.73 Å². The molecule has 2 aromatic heterocycles. The number of para-hydroxylation sites is 2. The standard InChI is InChI=1S/C32H26N4O3/c1-21(37)39-36-29-13-7-11-25(24-8-3-2-4-9-24)30(29)34-31(32(36)38)27-20-35(28-12-6-5-10-26(27)28)19-23-16-14-22(18-33)15-17-23/h2-17,20H,18-19,33H2,1H3. The maximum absolute atomic E-state index is 13.9. The van der Waals surface area contributed by atoms with Gasteiger partial charge in [0, 0.05) is 48.2 Å². The summed E-state index contributed by atoms with van der Waals surface area (Å²) in [5, 5.41) is 0.881. The molecule has 7 nitrogen and oxygen atoms in total. The summed E-state index contributed by atoms with van der Waals surface area (Å²) in [7, 11) is 0. The van der Waals surface area contributed by atoms with Crippen LogP contribution in [0.5, 0.6) is 0 Å². The van der Waals surface area contributed by atoms with Gasteiger partial charge in [0.15, 0.2) is 0 Å². The minimum absolute atomic E-state index is 0.209. The van der Waals surface area contributed by atoms with Crippen LogP contribution in [0.1, 0.15) is 18.1 Å². The molecule has 0 atom stereocenters. The normalized spacial score (nSPS) is 11.2. The molecule has 0 aliphatic rings. The number of hydrogen-bond donors (Lipinski definition) is 1. The van der Waals surface area contributed by atoms with Gasteiger partial charge >= 0.3 is 11.5 Å². The van der Waals surface area contributed by atoms with E-state index in [1.807, 2.05) is 85.1 Å². The zero-order valence-corrected chi connectivity index (χ0v) is 21.4. The first-order valence-corrected chi connectivity index (χ1v) is 12.7. The SMILES string of the molecule is CC(=O)On1c(=O)c(-c2cn(Cc3ccc(CN)cc3)c3ccccc23)nc2c(-c3ccccc3)cccc21. The van der Waals surface area contributed by atoms with Gasteiger partial charge in [-0.1, -0.05) is 84.9 Å². The molecule has 4 aromatic carbocycles. The van der Waals surface area contributed by atoms with Crippen molar-refractivity contribution >= 4 is 27.9 Å². The highest BCUT2D eigenvalue weighted by Gasteiger charge is 2.21. The molecule has 0 amide bonds. The summed E-state index contributed by atoms with van der Waals surface area (Å²) in [5.41, 5.74) is 12.0. The fraction of sp³-hybridized carbons (Fsp3) is 0.0938. The Balaban J connectivity index is 1.59.